The van der Waals surface area contributed by atoms with Crippen LogP contribution in [0.15, 0.2) is 12.3 Å². The van der Waals surface area contributed by atoms with Crippen molar-refractivity contribution in [3.63, 3.8) is 0 Å². The molecule has 84 valence electrons. The van der Waals surface area contributed by atoms with E-state index in [4.69, 9.17) is 0 Å². The molecule has 1 nitrogen and oxygen atoms in total. The van der Waals surface area contributed by atoms with Gasteiger partial charge in [-0.2, -0.15) is 13.2 Å². The van der Waals surface area contributed by atoms with Crippen molar-refractivity contribution >= 4 is 0 Å². The zero-order valence-electron chi connectivity index (χ0n) is 8.61. The maximum absolute atomic E-state index is 13.3. The third-order valence-electron chi connectivity index (χ3n) is 1.88. The highest BCUT2D eigenvalue weighted by molar-refractivity contribution is 5.23. The molecule has 0 fully saturated rings. The van der Waals surface area contributed by atoms with Gasteiger partial charge in [-0.1, -0.05) is 20.8 Å². The maximum Gasteiger partial charge on any atom is 0.417 e. The Morgan fingerprint density at radius 1 is 1.13 bits per heavy atom. The molecule has 0 radical (unpaired) electrons. The van der Waals surface area contributed by atoms with E-state index in [1.54, 1.807) is 20.8 Å². The number of pyridine rings is 1. The first-order valence-electron chi connectivity index (χ1n) is 4.35. The van der Waals surface area contributed by atoms with E-state index in [-0.39, 0.29) is 5.69 Å². The zero-order valence-corrected chi connectivity index (χ0v) is 8.61. The van der Waals surface area contributed by atoms with E-state index >= 15 is 0 Å². The molecule has 0 aromatic carbocycles. The molecule has 0 amide bonds. The minimum absolute atomic E-state index is 0.0375. The second-order valence-corrected chi connectivity index (χ2v) is 4.30. The van der Waals surface area contributed by atoms with Gasteiger partial charge in [0.15, 0.2) is 0 Å². The molecule has 0 aliphatic rings. The number of alkyl halides is 3. The lowest BCUT2D eigenvalue weighted by molar-refractivity contribution is -0.138. The molecule has 1 heterocycles. The second kappa shape index (κ2) is 3.47. The summed E-state index contributed by atoms with van der Waals surface area (Å²) in [5.41, 5.74) is -1.63. The molecule has 0 aliphatic heterocycles. The highest BCUT2D eigenvalue weighted by Crippen LogP contribution is 2.31. The minimum atomic E-state index is -4.55. The topological polar surface area (TPSA) is 12.9 Å². The summed E-state index contributed by atoms with van der Waals surface area (Å²) >= 11 is 0. The molecule has 0 bridgehead atoms. The van der Waals surface area contributed by atoms with E-state index in [9.17, 15) is 17.6 Å². The molecule has 0 atom stereocenters. The summed E-state index contributed by atoms with van der Waals surface area (Å²) in [5.74, 6) is -0.919. The third-order valence-corrected chi connectivity index (χ3v) is 1.88. The number of halogens is 4. The fourth-order valence-corrected chi connectivity index (χ4v) is 1.14. The van der Waals surface area contributed by atoms with Crippen LogP contribution in [0.2, 0.25) is 0 Å². The molecule has 1 aromatic rings. The summed E-state index contributed by atoms with van der Waals surface area (Å²) in [7, 11) is 0. The van der Waals surface area contributed by atoms with Crippen LogP contribution in [0.3, 0.4) is 0 Å². The van der Waals surface area contributed by atoms with Gasteiger partial charge in [0.1, 0.15) is 5.82 Å². The average Bonchev–Trinajstić information content (AvgIpc) is 1.99. The van der Waals surface area contributed by atoms with Crippen LogP contribution in [-0.4, -0.2) is 4.98 Å². The Balaban J connectivity index is 3.21. The number of hydrogen-bond acceptors (Lipinski definition) is 1. The van der Waals surface area contributed by atoms with Crippen molar-refractivity contribution in [2.45, 2.75) is 32.4 Å². The van der Waals surface area contributed by atoms with Gasteiger partial charge < -0.3 is 0 Å². The molecule has 0 unspecified atom stereocenters. The SMILES string of the molecule is CC(C)(C)c1ncc(C(F)(F)F)cc1F. The lowest BCUT2D eigenvalue weighted by atomic mass is 9.91. The molecule has 0 aliphatic carbocycles. The number of rotatable bonds is 0. The molecular weight excluding hydrogens is 210 g/mol. The molecule has 0 saturated heterocycles. The van der Waals surface area contributed by atoms with Crippen molar-refractivity contribution in [2.24, 2.45) is 0 Å². The largest absolute Gasteiger partial charge is 0.417 e. The summed E-state index contributed by atoms with van der Waals surface area (Å²) in [6, 6.07) is 0.480. The Labute approximate surface area is 85.1 Å². The Hall–Kier alpha value is -1.13. The fourth-order valence-electron chi connectivity index (χ4n) is 1.14. The van der Waals surface area contributed by atoms with Crippen LogP contribution in [0.4, 0.5) is 17.6 Å². The smallest absolute Gasteiger partial charge is 0.257 e. The van der Waals surface area contributed by atoms with Crippen LogP contribution in [-0.2, 0) is 11.6 Å². The Morgan fingerprint density at radius 3 is 2.00 bits per heavy atom. The first-order chi connectivity index (χ1) is 6.62. The Kier molecular flexibility index (Phi) is 2.76. The monoisotopic (exact) mass is 221 g/mol. The summed E-state index contributed by atoms with van der Waals surface area (Å²) in [6.45, 7) is 5.06. The molecule has 0 saturated carbocycles. The fraction of sp³-hybridized carbons (Fsp3) is 0.500. The number of aromatic nitrogens is 1. The molecule has 5 heteroatoms. The van der Waals surface area contributed by atoms with Crippen molar-refractivity contribution in [3.8, 4) is 0 Å². The van der Waals surface area contributed by atoms with Gasteiger partial charge in [0.25, 0.3) is 0 Å². The van der Waals surface area contributed by atoms with E-state index < -0.39 is 23.0 Å². The van der Waals surface area contributed by atoms with Crippen LogP contribution in [0.5, 0.6) is 0 Å². The lowest BCUT2D eigenvalue weighted by Crippen LogP contribution is -2.17. The Bertz CT molecular complexity index is 363. The maximum atomic E-state index is 13.3. The van der Waals surface area contributed by atoms with Crippen molar-refractivity contribution in [2.75, 3.05) is 0 Å². The summed E-state index contributed by atoms with van der Waals surface area (Å²) in [6.07, 6.45) is -3.89. The van der Waals surface area contributed by atoms with Gasteiger partial charge in [-0.05, 0) is 6.07 Å². The highest BCUT2D eigenvalue weighted by Gasteiger charge is 2.33. The van der Waals surface area contributed by atoms with E-state index in [0.717, 1.165) is 0 Å². The van der Waals surface area contributed by atoms with Crippen molar-refractivity contribution in [1.82, 2.24) is 4.98 Å². The van der Waals surface area contributed by atoms with Gasteiger partial charge in [0.05, 0.1) is 11.3 Å². The van der Waals surface area contributed by atoms with Gasteiger partial charge >= 0.3 is 6.18 Å². The molecule has 0 spiro atoms. The predicted molar refractivity (Wildman–Crippen MR) is 47.9 cm³/mol. The minimum Gasteiger partial charge on any atom is -0.257 e. The normalized spacial score (nSPS) is 13.0. The van der Waals surface area contributed by atoms with E-state index in [1.165, 1.54) is 0 Å². The summed E-state index contributed by atoms with van der Waals surface area (Å²) < 4.78 is 49.9. The molecule has 0 N–H and O–H groups in total. The van der Waals surface area contributed by atoms with Gasteiger partial charge in [-0.25, -0.2) is 4.39 Å². The molecule has 15 heavy (non-hydrogen) atoms. The summed E-state index contributed by atoms with van der Waals surface area (Å²) in [4.78, 5) is 3.52. The Morgan fingerprint density at radius 2 is 1.67 bits per heavy atom. The van der Waals surface area contributed by atoms with Crippen LogP contribution in [0.25, 0.3) is 0 Å². The van der Waals surface area contributed by atoms with Crippen molar-refractivity contribution in [1.29, 1.82) is 0 Å². The predicted octanol–water partition coefficient (Wildman–Crippen LogP) is 3.54. The van der Waals surface area contributed by atoms with E-state index in [0.29, 0.717) is 12.3 Å². The van der Waals surface area contributed by atoms with Crippen molar-refractivity contribution < 1.29 is 17.6 Å². The average molecular weight is 221 g/mol. The number of hydrogen-bond donors (Lipinski definition) is 0. The van der Waals surface area contributed by atoms with Crippen LogP contribution in [0.1, 0.15) is 32.0 Å². The first-order valence-corrected chi connectivity index (χ1v) is 4.35. The molecular formula is C10H11F4N. The number of nitrogens with zero attached hydrogens (tertiary/aromatic N) is 1. The standard InChI is InChI=1S/C10H11F4N/c1-9(2,3)8-7(11)4-6(5-15-8)10(12,13)14/h4-5H,1-3H3. The zero-order chi connectivity index (χ0) is 11.9. The first kappa shape index (κ1) is 11.9. The van der Waals surface area contributed by atoms with Crippen LogP contribution < -0.4 is 0 Å². The second-order valence-electron chi connectivity index (χ2n) is 4.30. The van der Waals surface area contributed by atoms with Gasteiger partial charge in [0, 0.05) is 11.6 Å². The van der Waals surface area contributed by atoms with Gasteiger partial charge in [0.2, 0.25) is 0 Å². The third kappa shape index (κ3) is 2.67. The molecule has 1 aromatic heterocycles. The quantitative estimate of drug-likeness (QED) is 0.610. The van der Waals surface area contributed by atoms with Gasteiger partial charge in [-0.15, -0.1) is 0 Å². The van der Waals surface area contributed by atoms with Crippen LogP contribution >= 0.6 is 0 Å². The van der Waals surface area contributed by atoms with E-state index in [1.807, 2.05) is 0 Å². The summed E-state index contributed by atoms with van der Waals surface area (Å²) in [5, 5.41) is 0. The van der Waals surface area contributed by atoms with E-state index in [2.05, 4.69) is 4.98 Å². The molecule has 1 rings (SSSR count). The highest BCUT2D eigenvalue weighted by atomic mass is 19.4. The lowest BCUT2D eigenvalue weighted by Gasteiger charge is -2.19. The van der Waals surface area contributed by atoms with Crippen LogP contribution in [0, 0.1) is 5.82 Å². The van der Waals surface area contributed by atoms with Crippen molar-refractivity contribution in [3.05, 3.63) is 29.3 Å². The van der Waals surface area contributed by atoms with Gasteiger partial charge in [-0.3, -0.25) is 4.98 Å².